The molecule has 8 heteroatoms. The van der Waals surface area contributed by atoms with Gasteiger partial charge in [-0.2, -0.15) is 0 Å². The summed E-state index contributed by atoms with van der Waals surface area (Å²) in [5.74, 6) is 0.766. The molecule has 1 atom stereocenters. The van der Waals surface area contributed by atoms with Crippen molar-refractivity contribution < 1.29 is 19.1 Å². The van der Waals surface area contributed by atoms with E-state index >= 15 is 0 Å². The van der Waals surface area contributed by atoms with Crippen LogP contribution in [0.1, 0.15) is 70.8 Å². The number of rotatable bonds is 5. The van der Waals surface area contributed by atoms with Crippen LogP contribution >= 0.6 is 0 Å². The Morgan fingerprint density at radius 1 is 1.00 bits per heavy atom. The smallest absolute Gasteiger partial charge is 0.410 e. The maximum absolute atomic E-state index is 12.3. The molecule has 0 aliphatic carbocycles. The fourth-order valence-corrected chi connectivity index (χ4v) is 5.32. The normalized spacial score (nSPS) is 23.2. The van der Waals surface area contributed by atoms with Crippen molar-refractivity contribution in [1.29, 1.82) is 0 Å². The van der Waals surface area contributed by atoms with Crippen LogP contribution in [0.4, 0.5) is 10.5 Å². The number of hydrogen-bond acceptors (Lipinski definition) is 6. The largest absolute Gasteiger partial charge is 0.444 e. The Bertz CT molecular complexity index is 895. The van der Waals surface area contributed by atoms with E-state index in [-0.39, 0.29) is 23.9 Å². The van der Waals surface area contributed by atoms with E-state index in [9.17, 15) is 14.4 Å². The molecular weight excluding hydrogens is 444 g/mol. The first-order valence-electron chi connectivity index (χ1n) is 13.1. The van der Waals surface area contributed by atoms with Crippen molar-refractivity contribution >= 4 is 23.6 Å². The van der Waals surface area contributed by atoms with E-state index in [1.807, 2.05) is 37.8 Å². The van der Waals surface area contributed by atoms with Gasteiger partial charge in [-0.1, -0.05) is 12.1 Å². The molecule has 192 valence electrons. The van der Waals surface area contributed by atoms with Gasteiger partial charge in [-0.15, -0.1) is 0 Å². The third-order valence-corrected chi connectivity index (χ3v) is 7.33. The highest BCUT2D eigenvalue weighted by Gasteiger charge is 2.29. The summed E-state index contributed by atoms with van der Waals surface area (Å²) in [7, 11) is 0. The minimum atomic E-state index is -0.442. The number of carbonyl (C=O) groups excluding carboxylic acids is 3. The molecule has 4 rings (SSSR count). The Labute approximate surface area is 208 Å². The number of ether oxygens (including phenoxy) is 1. The molecule has 2 N–H and O–H groups in total. The summed E-state index contributed by atoms with van der Waals surface area (Å²) in [6.45, 7) is 10.6. The third-order valence-electron chi connectivity index (χ3n) is 7.33. The topological polar surface area (TPSA) is 91.0 Å². The zero-order valence-corrected chi connectivity index (χ0v) is 21.3. The molecule has 3 saturated heterocycles. The van der Waals surface area contributed by atoms with E-state index in [4.69, 9.17) is 4.74 Å². The van der Waals surface area contributed by atoms with Crippen molar-refractivity contribution in [2.24, 2.45) is 5.92 Å². The Kier molecular flexibility index (Phi) is 7.99. The quantitative estimate of drug-likeness (QED) is 0.619. The minimum absolute atomic E-state index is 0.185. The summed E-state index contributed by atoms with van der Waals surface area (Å²) in [5, 5.41) is 5.64. The van der Waals surface area contributed by atoms with Gasteiger partial charge in [-0.3, -0.25) is 14.9 Å². The first kappa shape index (κ1) is 25.5. The predicted molar refractivity (Wildman–Crippen MR) is 135 cm³/mol. The molecule has 35 heavy (non-hydrogen) atoms. The third kappa shape index (κ3) is 7.19. The second-order valence-electron chi connectivity index (χ2n) is 11.3. The van der Waals surface area contributed by atoms with E-state index in [0.29, 0.717) is 24.7 Å². The van der Waals surface area contributed by atoms with Gasteiger partial charge >= 0.3 is 6.09 Å². The SMILES string of the molecule is CC(C)(C)OC(=O)N1CCC(CN2CCC(c3ccc(NC4CCC(=O)NC4=O)cc3)CC2)CC1. The highest BCUT2D eigenvalue weighted by atomic mass is 16.6. The first-order chi connectivity index (χ1) is 16.7. The van der Waals surface area contributed by atoms with Gasteiger partial charge in [-0.05, 0) is 95.5 Å². The van der Waals surface area contributed by atoms with Crippen LogP contribution in [0.5, 0.6) is 0 Å². The van der Waals surface area contributed by atoms with Crippen LogP contribution in [-0.2, 0) is 14.3 Å². The monoisotopic (exact) mass is 484 g/mol. The van der Waals surface area contributed by atoms with Crippen LogP contribution in [-0.4, -0.2) is 72.1 Å². The number of carbonyl (C=O) groups is 3. The van der Waals surface area contributed by atoms with Crippen molar-refractivity contribution in [1.82, 2.24) is 15.1 Å². The van der Waals surface area contributed by atoms with Crippen molar-refractivity contribution in [3.8, 4) is 0 Å². The molecular formula is C27H40N4O4. The molecule has 0 saturated carbocycles. The molecule has 3 heterocycles. The predicted octanol–water partition coefficient (Wildman–Crippen LogP) is 3.73. The van der Waals surface area contributed by atoms with Gasteiger partial charge in [0.1, 0.15) is 11.6 Å². The van der Waals surface area contributed by atoms with E-state index in [0.717, 1.165) is 64.1 Å². The standard InChI is InChI=1S/C27H40N4O4/c1-27(2,3)35-26(34)31-16-10-19(11-17-31)18-30-14-12-21(13-15-30)20-4-6-22(7-5-20)28-23-8-9-24(32)29-25(23)33/h4-7,19,21,23,28H,8-18H2,1-3H3,(H,29,32,33). The summed E-state index contributed by atoms with van der Waals surface area (Å²) >= 11 is 0. The fraction of sp³-hybridized carbons (Fsp3) is 0.667. The molecule has 3 aliphatic rings. The van der Waals surface area contributed by atoms with Gasteiger partial charge in [0.25, 0.3) is 0 Å². The molecule has 1 aromatic carbocycles. The van der Waals surface area contributed by atoms with Crippen molar-refractivity contribution in [2.75, 3.05) is 38.0 Å². The second kappa shape index (κ2) is 11.0. The molecule has 1 aromatic rings. The Morgan fingerprint density at radius 2 is 1.66 bits per heavy atom. The lowest BCUT2D eigenvalue weighted by atomic mass is 9.88. The molecule has 0 spiro atoms. The van der Waals surface area contributed by atoms with Crippen molar-refractivity contribution in [3.63, 3.8) is 0 Å². The number of nitrogens with zero attached hydrogens (tertiary/aromatic N) is 2. The lowest BCUT2D eigenvalue weighted by Crippen LogP contribution is -2.47. The van der Waals surface area contributed by atoms with Crippen molar-refractivity contribution in [2.45, 2.75) is 76.9 Å². The van der Waals surface area contributed by atoms with E-state index in [2.05, 4.69) is 27.7 Å². The lowest BCUT2D eigenvalue weighted by molar-refractivity contribution is -0.133. The van der Waals surface area contributed by atoms with Crippen molar-refractivity contribution in [3.05, 3.63) is 29.8 Å². The van der Waals surface area contributed by atoms with Gasteiger partial charge in [-0.25, -0.2) is 4.79 Å². The molecule has 0 bridgehead atoms. The maximum Gasteiger partial charge on any atom is 0.410 e. The van der Waals surface area contributed by atoms with Crippen LogP contribution in [0.15, 0.2) is 24.3 Å². The molecule has 3 aliphatic heterocycles. The van der Waals surface area contributed by atoms with Crippen LogP contribution in [0, 0.1) is 5.92 Å². The zero-order valence-electron chi connectivity index (χ0n) is 21.3. The number of likely N-dealkylation sites (tertiary alicyclic amines) is 2. The molecule has 0 radical (unpaired) electrons. The van der Waals surface area contributed by atoms with Gasteiger partial charge < -0.3 is 19.9 Å². The number of imide groups is 1. The lowest BCUT2D eigenvalue weighted by Gasteiger charge is -2.38. The molecule has 0 aromatic heterocycles. The van der Waals surface area contributed by atoms with E-state index in [1.165, 1.54) is 5.56 Å². The highest BCUT2D eigenvalue weighted by molar-refractivity contribution is 6.01. The summed E-state index contributed by atoms with van der Waals surface area (Å²) in [5.41, 5.74) is 1.82. The highest BCUT2D eigenvalue weighted by Crippen LogP contribution is 2.30. The van der Waals surface area contributed by atoms with Gasteiger partial charge in [0.2, 0.25) is 11.8 Å². The fourth-order valence-electron chi connectivity index (χ4n) is 5.32. The molecule has 3 amide bonds. The van der Waals surface area contributed by atoms with Crippen LogP contribution < -0.4 is 10.6 Å². The Morgan fingerprint density at radius 3 is 2.26 bits per heavy atom. The number of amides is 3. The first-order valence-corrected chi connectivity index (χ1v) is 13.1. The van der Waals surface area contributed by atoms with Gasteiger partial charge in [0.05, 0.1) is 0 Å². The van der Waals surface area contributed by atoms with Crippen LogP contribution in [0.3, 0.4) is 0 Å². The number of anilines is 1. The number of nitrogens with one attached hydrogen (secondary N) is 2. The Balaban J connectivity index is 1.18. The maximum atomic E-state index is 12.3. The zero-order chi connectivity index (χ0) is 25.0. The van der Waals surface area contributed by atoms with E-state index in [1.54, 1.807) is 0 Å². The summed E-state index contributed by atoms with van der Waals surface area (Å²) < 4.78 is 5.51. The number of hydrogen-bond donors (Lipinski definition) is 2. The Hall–Kier alpha value is -2.61. The van der Waals surface area contributed by atoms with E-state index < -0.39 is 5.60 Å². The average molecular weight is 485 g/mol. The number of piperidine rings is 3. The summed E-state index contributed by atoms with van der Waals surface area (Å²) in [4.78, 5) is 40.0. The molecule has 8 nitrogen and oxygen atoms in total. The minimum Gasteiger partial charge on any atom is -0.444 e. The second-order valence-corrected chi connectivity index (χ2v) is 11.3. The number of benzene rings is 1. The summed E-state index contributed by atoms with van der Waals surface area (Å²) in [6, 6.07) is 8.08. The van der Waals surface area contributed by atoms with Gasteiger partial charge in [0, 0.05) is 31.7 Å². The molecule has 1 unspecified atom stereocenters. The van der Waals surface area contributed by atoms with Crippen LogP contribution in [0.25, 0.3) is 0 Å². The average Bonchev–Trinajstić information content (AvgIpc) is 2.81. The summed E-state index contributed by atoms with van der Waals surface area (Å²) in [6.07, 6.45) is 5.11. The molecule has 3 fully saturated rings. The van der Waals surface area contributed by atoms with Crippen LogP contribution in [0.2, 0.25) is 0 Å². The van der Waals surface area contributed by atoms with Gasteiger partial charge in [0.15, 0.2) is 0 Å².